The van der Waals surface area contributed by atoms with E-state index >= 15 is 0 Å². The van der Waals surface area contributed by atoms with Crippen molar-refractivity contribution in [2.75, 3.05) is 13.1 Å². The maximum absolute atomic E-state index is 13.8. The van der Waals surface area contributed by atoms with E-state index in [0.29, 0.717) is 18.4 Å². The highest BCUT2D eigenvalue weighted by Crippen LogP contribution is 2.50. The van der Waals surface area contributed by atoms with Gasteiger partial charge in [0, 0.05) is 17.5 Å². The van der Waals surface area contributed by atoms with Gasteiger partial charge in [-0.25, -0.2) is 8.78 Å². The van der Waals surface area contributed by atoms with E-state index in [9.17, 15) is 8.78 Å². The molecule has 0 aromatic heterocycles. The fourth-order valence-electron chi connectivity index (χ4n) is 2.24. The molecule has 1 saturated carbocycles. The molecule has 1 fully saturated rings. The highest BCUT2D eigenvalue weighted by atomic mass is 127. The van der Waals surface area contributed by atoms with E-state index in [4.69, 9.17) is 5.73 Å². The van der Waals surface area contributed by atoms with E-state index in [-0.39, 0.29) is 29.5 Å². The third kappa shape index (κ3) is 4.52. The van der Waals surface area contributed by atoms with Crippen LogP contribution in [0.1, 0.15) is 32.3 Å². The molecule has 1 aliphatic carbocycles. The Balaban J connectivity index is 0.00000220. The summed E-state index contributed by atoms with van der Waals surface area (Å²) in [6.45, 7) is 5.19. The lowest BCUT2D eigenvalue weighted by atomic mass is 9.95. The molecular weight excluding hydrogens is 387 g/mol. The van der Waals surface area contributed by atoms with Crippen LogP contribution in [-0.4, -0.2) is 19.0 Å². The summed E-state index contributed by atoms with van der Waals surface area (Å²) in [6.07, 6.45) is 1.48. The summed E-state index contributed by atoms with van der Waals surface area (Å²) < 4.78 is 27.7. The van der Waals surface area contributed by atoms with Gasteiger partial charge in [-0.1, -0.05) is 19.9 Å². The monoisotopic (exact) mass is 409 g/mol. The zero-order valence-electron chi connectivity index (χ0n) is 12.3. The van der Waals surface area contributed by atoms with E-state index in [0.717, 1.165) is 19.4 Å². The number of nitrogens with zero attached hydrogens (tertiary/aromatic N) is 1. The average Bonchev–Trinajstić information content (AvgIpc) is 3.15. The molecule has 3 N–H and O–H groups in total. The zero-order chi connectivity index (χ0) is 14.8. The zero-order valence-corrected chi connectivity index (χ0v) is 14.7. The molecule has 0 bridgehead atoms. The molecule has 0 heterocycles. The van der Waals surface area contributed by atoms with Gasteiger partial charge in [0.05, 0.1) is 6.54 Å². The third-order valence-electron chi connectivity index (χ3n) is 3.59. The van der Waals surface area contributed by atoms with Crippen molar-refractivity contribution in [1.82, 2.24) is 5.32 Å². The highest BCUT2D eigenvalue weighted by Gasteiger charge is 2.47. The van der Waals surface area contributed by atoms with Gasteiger partial charge in [-0.2, -0.15) is 0 Å². The van der Waals surface area contributed by atoms with Gasteiger partial charge in [0.1, 0.15) is 11.6 Å². The lowest BCUT2D eigenvalue weighted by molar-refractivity contribution is 0.516. The molecule has 3 nitrogen and oxygen atoms in total. The highest BCUT2D eigenvalue weighted by molar-refractivity contribution is 14.0. The number of guanidine groups is 1. The second-order valence-corrected chi connectivity index (χ2v) is 5.85. The first kappa shape index (κ1) is 18.1. The number of hydrogen-bond donors (Lipinski definition) is 2. The van der Waals surface area contributed by atoms with Crippen molar-refractivity contribution in [2.45, 2.75) is 32.1 Å². The molecule has 6 heteroatoms. The van der Waals surface area contributed by atoms with Crippen molar-refractivity contribution < 1.29 is 8.78 Å². The Hall–Kier alpha value is -0.920. The van der Waals surface area contributed by atoms with Crippen LogP contribution in [0.4, 0.5) is 8.78 Å². The summed E-state index contributed by atoms with van der Waals surface area (Å²) in [5.74, 6) is -0.192. The number of aliphatic imine (C=N–C) groups is 1. The van der Waals surface area contributed by atoms with Crippen molar-refractivity contribution in [3.05, 3.63) is 35.4 Å². The average molecular weight is 409 g/mol. The summed E-state index contributed by atoms with van der Waals surface area (Å²) >= 11 is 0. The predicted octanol–water partition coefficient (Wildman–Crippen LogP) is 3.17. The maximum atomic E-state index is 13.8. The van der Waals surface area contributed by atoms with Gasteiger partial charge in [0.15, 0.2) is 5.96 Å². The number of benzene rings is 1. The second-order valence-electron chi connectivity index (χ2n) is 5.85. The fraction of sp³-hybridized carbons (Fsp3) is 0.533. The molecule has 21 heavy (non-hydrogen) atoms. The number of nitrogens with one attached hydrogen (secondary N) is 1. The summed E-state index contributed by atoms with van der Waals surface area (Å²) in [5.41, 5.74) is 5.40. The molecule has 118 valence electrons. The minimum absolute atomic E-state index is 0. The van der Waals surface area contributed by atoms with Crippen molar-refractivity contribution in [3.8, 4) is 0 Å². The van der Waals surface area contributed by atoms with Gasteiger partial charge < -0.3 is 11.1 Å². The summed E-state index contributed by atoms with van der Waals surface area (Å²) in [7, 11) is 0. The summed E-state index contributed by atoms with van der Waals surface area (Å²) in [4.78, 5) is 4.24. The first-order valence-corrected chi connectivity index (χ1v) is 6.93. The van der Waals surface area contributed by atoms with Gasteiger partial charge in [0.2, 0.25) is 0 Å². The molecule has 1 aromatic rings. The molecule has 0 unspecified atom stereocenters. The van der Waals surface area contributed by atoms with Crippen molar-refractivity contribution >= 4 is 29.9 Å². The molecule has 0 radical (unpaired) electrons. The largest absolute Gasteiger partial charge is 0.370 e. The molecule has 0 spiro atoms. The quantitative estimate of drug-likeness (QED) is 0.446. The predicted molar refractivity (Wildman–Crippen MR) is 92.0 cm³/mol. The van der Waals surface area contributed by atoms with Crippen molar-refractivity contribution in [3.63, 3.8) is 0 Å². The van der Waals surface area contributed by atoms with E-state index in [1.165, 1.54) is 18.2 Å². The van der Waals surface area contributed by atoms with E-state index in [1.807, 2.05) is 0 Å². The smallest absolute Gasteiger partial charge is 0.188 e. The molecule has 0 amide bonds. The van der Waals surface area contributed by atoms with Gasteiger partial charge in [-0.05, 0) is 30.9 Å². The topological polar surface area (TPSA) is 50.4 Å². The maximum Gasteiger partial charge on any atom is 0.188 e. The van der Waals surface area contributed by atoms with Crippen LogP contribution < -0.4 is 11.1 Å². The molecule has 2 rings (SSSR count). The SMILES string of the molecule is CC(C)CNC(N)=NCC1(c2c(F)cccc2F)CC1.I. The Morgan fingerprint density at radius 2 is 1.90 bits per heavy atom. The van der Waals surface area contributed by atoms with Crippen LogP contribution in [0.15, 0.2) is 23.2 Å². The van der Waals surface area contributed by atoms with Gasteiger partial charge in [0.25, 0.3) is 0 Å². The third-order valence-corrected chi connectivity index (χ3v) is 3.59. The molecule has 1 aliphatic rings. The Morgan fingerprint density at radius 3 is 2.38 bits per heavy atom. The fourth-order valence-corrected chi connectivity index (χ4v) is 2.24. The van der Waals surface area contributed by atoms with Crippen LogP contribution in [-0.2, 0) is 5.41 Å². The first-order valence-electron chi connectivity index (χ1n) is 6.93. The van der Waals surface area contributed by atoms with Crippen LogP contribution >= 0.6 is 24.0 Å². The Bertz CT molecular complexity index is 493. The number of nitrogens with two attached hydrogens (primary N) is 1. The molecule has 0 aliphatic heterocycles. The molecule has 0 saturated heterocycles. The lowest BCUT2D eigenvalue weighted by Crippen LogP contribution is -2.35. The van der Waals surface area contributed by atoms with E-state index < -0.39 is 17.0 Å². The number of hydrogen-bond acceptors (Lipinski definition) is 1. The van der Waals surface area contributed by atoms with Crippen LogP contribution in [0.25, 0.3) is 0 Å². The lowest BCUT2D eigenvalue weighted by Gasteiger charge is -2.16. The minimum atomic E-state index is -0.514. The second kappa shape index (κ2) is 7.38. The van der Waals surface area contributed by atoms with E-state index in [1.54, 1.807) is 0 Å². The normalized spacial score (nSPS) is 16.5. The molecule has 1 aromatic carbocycles. The van der Waals surface area contributed by atoms with Crippen molar-refractivity contribution in [2.24, 2.45) is 16.6 Å². The van der Waals surface area contributed by atoms with Crippen LogP contribution in [0.2, 0.25) is 0 Å². The Labute approximate surface area is 141 Å². The Kier molecular flexibility index (Phi) is 6.37. The van der Waals surface area contributed by atoms with Gasteiger partial charge in [-0.3, -0.25) is 4.99 Å². The van der Waals surface area contributed by atoms with Gasteiger partial charge in [-0.15, -0.1) is 24.0 Å². The van der Waals surface area contributed by atoms with Crippen LogP contribution in [0, 0.1) is 17.6 Å². The number of halogens is 3. The Morgan fingerprint density at radius 1 is 1.33 bits per heavy atom. The van der Waals surface area contributed by atoms with Crippen LogP contribution in [0.5, 0.6) is 0 Å². The summed E-state index contributed by atoms with van der Waals surface area (Å²) in [6, 6.07) is 3.97. The summed E-state index contributed by atoms with van der Waals surface area (Å²) in [5, 5.41) is 3.00. The van der Waals surface area contributed by atoms with Crippen molar-refractivity contribution in [1.29, 1.82) is 0 Å². The minimum Gasteiger partial charge on any atom is -0.370 e. The number of rotatable bonds is 5. The molecule has 0 atom stereocenters. The van der Waals surface area contributed by atoms with Crippen LogP contribution in [0.3, 0.4) is 0 Å². The van der Waals surface area contributed by atoms with E-state index in [2.05, 4.69) is 24.2 Å². The molecular formula is C15H22F2IN3. The first-order chi connectivity index (χ1) is 9.44. The standard InChI is InChI=1S/C15H21F2N3.HI/c1-10(2)8-19-14(18)20-9-15(6-7-15)13-11(16)4-3-5-12(13)17;/h3-5,10H,6-9H2,1-2H3,(H3,18,19,20);1H. The van der Waals surface area contributed by atoms with Gasteiger partial charge >= 0.3 is 0 Å².